The minimum Gasteiger partial charge on any atom is -0.429 e. The van der Waals surface area contributed by atoms with E-state index in [1.54, 1.807) is 0 Å². The molecule has 5 aromatic rings. The van der Waals surface area contributed by atoms with E-state index in [2.05, 4.69) is 0 Å². The van der Waals surface area contributed by atoms with Crippen LogP contribution >= 0.6 is 0 Å². The zero-order valence-electron chi connectivity index (χ0n) is 26.3. The molecule has 0 aliphatic heterocycles. The van der Waals surface area contributed by atoms with Crippen molar-refractivity contribution in [1.29, 1.82) is 0 Å². The maximum absolute atomic E-state index is 15.3. The number of allylic oxidation sites excluding steroid dienone is 1. The van der Waals surface area contributed by atoms with Gasteiger partial charge in [-0.3, -0.25) is 0 Å². The molecule has 0 N–H and O–H groups in total. The average molecular weight is 703 g/mol. The quantitative estimate of drug-likeness (QED) is 0.0984. The van der Waals surface area contributed by atoms with Crippen molar-refractivity contribution in [3.05, 3.63) is 143 Å². The van der Waals surface area contributed by atoms with Gasteiger partial charge in [-0.15, -0.1) is 0 Å². The first-order valence-corrected chi connectivity index (χ1v) is 15.5. The van der Waals surface area contributed by atoms with Crippen molar-refractivity contribution in [1.82, 2.24) is 0 Å². The maximum atomic E-state index is 15.3. The first-order valence-electron chi connectivity index (χ1n) is 15.5. The van der Waals surface area contributed by atoms with E-state index in [-0.39, 0.29) is 40.2 Å². The molecule has 0 bridgehead atoms. The van der Waals surface area contributed by atoms with Gasteiger partial charge in [-0.25, -0.2) is 22.0 Å². The highest BCUT2D eigenvalue weighted by atomic mass is 19.4. The maximum Gasteiger partial charge on any atom is 0.429 e. The van der Waals surface area contributed by atoms with E-state index in [1.807, 2.05) is 6.92 Å². The monoisotopic (exact) mass is 702 g/mol. The van der Waals surface area contributed by atoms with Gasteiger partial charge in [-0.05, 0) is 95.3 Å². The van der Waals surface area contributed by atoms with E-state index >= 15 is 8.78 Å². The van der Waals surface area contributed by atoms with Crippen LogP contribution in [-0.4, -0.2) is 6.18 Å². The summed E-state index contributed by atoms with van der Waals surface area (Å²) in [5.74, 6) is -5.76. The Hall–Kier alpha value is -5.06. The van der Waals surface area contributed by atoms with Gasteiger partial charge in [0.25, 0.3) is 0 Å². The van der Waals surface area contributed by atoms with Gasteiger partial charge < -0.3 is 4.74 Å². The molecule has 0 amide bonds. The summed E-state index contributed by atoms with van der Waals surface area (Å²) in [5, 5.41) is 0. The first-order chi connectivity index (χ1) is 23.6. The van der Waals surface area contributed by atoms with Crippen LogP contribution in [0.2, 0.25) is 0 Å². The Labute approximate surface area is 281 Å². The third-order valence-electron chi connectivity index (χ3n) is 7.93. The van der Waals surface area contributed by atoms with Crippen molar-refractivity contribution in [3.63, 3.8) is 0 Å². The summed E-state index contributed by atoms with van der Waals surface area (Å²) >= 11 is 0. The lowest BCUT2D eigenvalue weighted by Crippen LogP contribution is -2.23. The van der Waals surface area contributed by atoms with Gasteiger partial charge in [0.15, 0.2) is 0 Å². The van der Waals surface area contributed by atoms with E-state index in [9.17, 15) is 35.1 Å². The fraction of sp³-hybridized carbons (Fsp3) is 0.179. The zero-order valence-corrected chi connectivity index (χ0v) is 26.3. The number of halogens is 10. The highest BCUT2D eigenvalue weighted by Gasteiger charge is 2.37. The molecule has 0 spiro atoms. The highest BCUT2D eigenvalue weighted by Crippen LogP contribution is 2.36. The Morgan fingerprint density at radius 2 is 1.12 bits per heavy atom. The van der Waals surface area contributed by atoms with Gasteiger partial charge in [0.05, 0.1) is 5.56 Å². The summed E-state index contributed by atoms with van der Waals surface area (Å²) < 4.78 is 146. The van der Waals surface area contributed by atoms with E-state index in [1.165, 1.54) is 48.5 Å². The van der Waals surface area contributed by atoms with E-state index in [4.69, 9.17) is 4.74 Å². The molecule has 0 aromatic heterocycles. The third-order valence-corrected chi connectivity index (χ3v) is 7.93. The molecule has 0 unspecified atom stereocenters. The molecule has 0 atom stereocenters. The van der Waals surface area contributed by atoms with Gasteiger partial charge in [-0.2, -0.15) is 22.0 Å². The lowest BCUT2D eigenvalue weighted by Gasteiger charge is -2.19. The van der Waals surface area contributed by atoms with Crippen LogP contribution in [-0.2, 0) is 12.5 Å². The number of benzene rings is 5. The summed E-state index contributed by atoms with van der Waals surface area (Å²) in [5.41, 5.74) is -0.974. The molecule has 0 aliphatic carbocycles. The number of unbranched alkanes of at least 4 members (excludes halogenated alkanes) is 2. The van der Waals surface area contributed by atoms with Crippen molar-refractivity contribution in [2.24, 2.45) is 0 Å². The number of aryl methyl sites for hydroxylation is 1. The van der Waals surface area contributed by atoms with E-state index in [0.29, 0.717) is 35.2 Å². The van der Waals surface area contributed by atoms with Crippen molar-refractivity contribution < 1.29 is 48.6 Å². The van der Waals surface area contributed by atoms with Gasteiger partial charge in [-0.1, -0.05) is 62.2 Å². The minimum atomic E-state index is -4.79. The molecule has 0 saturated carbocycles. The van der Waals surface area contributed by atoms with Crippen molar-refractivity contribution in [2.45, 2.75) is 44.9 Å². The van der Waals surface area contributed by atoms with Crippen LogP contribution in [0.15, 0.2) is 97.1 Å². The van der Waals surface area contributed by atoms with E-state index < -0.39 is 52.5 Å². The normalized spacial score (nSPS) is 12.1. The van der Waals surface area contributed by atoms with Crippen LogP contribution < -0.4 is 4.74 Å². The fourth-order valence-electron chi connectivity index (χ4n) is 5.37. The predicted molar refractivity (Wildman–Crippen MR) is 172 cm³/mol. The van der Waals surface area contributed by atoms with Crippen LogP contribution in [0.3, 0.4) is 0 Å². The van der Waals surface area contributed by atoms with Gasteiger partial charge in [0.2, 0.25) is 0 Å². The SMILES string of the molecule is CCCCCc1ccc(C(F)(F)Oc2ccc(-c3ccc(-c4ccc(-c5cc(F)c(/C=C/C(F)(F)F)c(F)c5)c(F)c4)c(F)c3)cc2)c(F)c1. The predicted octanol–water partition coefficient (Wildman–Crippen LogP) is 12.8. The molecular weight excluding hydrogens is 674 g/mol. The lowest BCUT2D eigenvalue weighted by atomic mass is 9.96. The van der Waals surface area contributed by atoms with Crippen LogP contribution in [0.25, 0.3) is 39.5 Å². The summed E-state index contributed by atoms with van der Waals surface area (Å²) in [6.45, 7) is 2.02. The molecule has 0 fully saturated rings. The molecular formula is C39H28F10O. The molecule has 1 nitrogen and oxygen atoms in total. The standard InChI is InChI=1S/C39H28F10O/c1-2-3-4-5-23-6-15-32(37(44)18-23)39(48,49)50-28-11-7-24(8-12-28)25-9-13-29(33(40)19-25)26-10-14-30(34(41)20-26)27-21-35(42)31(36(43)22-27)16-17-38(45,46)47/h6-22H,2-5H2,1H3/b17-16+. The molecule has 5 aromatic carbocycles. The summed E-state index contributed by atoms with van der Waals surface area (Å²) in [6, 6.07) is 17.6. The molecule has 0 saturated heterocycles. The van der Waals surface area contributed by atoms with Crippen LogP contribution in [0.4, 0.5) is 43.9 Å². The minimum absolute atomic E-state index is 0.0257. The van der Waals surface area contributed by atoms with Crippen molar-refractivity contribution in [2.75, 3.05) is 0 Å². The molecule has 0 heterocycles. The number of hydrogen-bond donors (Lipinski definition) is 0. The fourth-order valence-corrected chi connectivity index (χ4v) is 5.37. The zero-order chi connectivity index (χ0) is 36.2. The lowest BCUT2D eigenvalue weighted by molar-refractivity contribution is -0.187. The molecule has 0 radical (unpaired) electrons. The average Bonchev–Trinajstić information content (AvgIpc) is 3.04. The third kappa shape index (κ3) is 8.56. The summed E-state index contributed by atoms with van der Waals surface area (Å²) in [6.07, 6.45) is -5.55. The van der Waals surface area contributed by atoms with E-state index in [0.717, 1.165) is 49.6 Å². The Bertz CT molecular complexity index is 1990. The van der Waals surface area contributed by atoms with Crippen LogP contribution in [0, 0.1) is 29.1 Å². The van der Waals surface area contributed by atoms with Crippen molar-refractivity contribution >= 4 is 6.08 Å². The smallest absolute Gasteiger partial charge is 0.429 e. The van der Waals surface area contributed by atoms with Crippen LogP contribution in [0.5, 0.6) is 5.75 Å². The second kappa shape index (κ2) is 14.8. The Morgan fingerprint density at radius 3 is 1.70 bits per heavy atom. The molecule has 11 heteroatoms. The van der Waals surface area contributed by atoms with Crippen molar-refractivity contribution in [3.8, 4) is 39.1 Å². The number of hydrogen-bond acceptors (Lipinski definition) is 1. The molecule has 5 rings (SSSR count). The van der Waals surface area contributed by atoms with Crippen LogP contribution in [0.1, 0.15) is 42.9 Å². The molecule has 0 aliphatic rings. The number of rotatable bonds is 11. The Balaban J connectivity index is 1.30. The molecule has 50 heavy (non-hydrogen) atoms. The second-order valence-electron chi connectivity index (χ2n) is 11.5. The van der Waals surface area contributed by atoms with Gasteiger partial charge >= 0.3 is 12.3 Å². The largest absolute Gasteiger partial charge is 0.429 e. The second-order valence-corrected chi connectivity index (χ2v) is 11.5. The molecule has 260 valence electrons. The number of ether oxygens (including phenoxy) is 1. The summed E-state index contributed by atoms with van der Waals surface area (Å²) in [4.78, 5) is 0. The summed E-state index contributed by atoms with van der Waals surface area (Å²) in [7, 11) is 0. The highest BCUT2D eigenvalue weighted by molar-refractivity contribution is 5.75. The topological polar surface area (TPSA) is 9.23 Å². The number of alkyl halides is 5. The van der Waals surface area contributed by atoms with Gasteiger partial charge in [0.1, 0.15) is 34.8 Å². The Morgan fingerprint density at radius 1 is 0.560 bits per heavy atom. The van der Waals surface area contributed by atoms with Gasteiger partial charge in [0, 0.05) is 22.8 Å². The Kier molecular flexibility index (Phi) is 10.7. The first kappa shape index (κ1) is 36.2.